The van der Waals surface area contributed by atoms with Crippen LogP contribution in [-0.4, -0.2) is 28.7 Å². The molecular formula is C25H26ClN3O3. The topological polar surface area (TPSA) is 78.5 Å². The molecule has 166 valence electrons. The lowest BCUT2D eigenvalue weighted by Gasteiger charge is -2.29. The molecule has 0 saturated heterocycles. The average molecular weight is 452 g/mol. The van der Waals surface area contributed by atoms with Gasteiger partial charge < -0.3 is 10.6 Å². The van der Waals surface area contributed by atoms with E-state index in [1.807, 2.05) is 42.5 Å². The van der Waals surface area contributed by atoms with Gasteiger partial charge >= 0.3 is 0 Å². The number of halogens is 1. The summed E-state index contributed by atoms with van der Waals surface area (Å²) in [4.78, 5) is 39.1. The number of amides is 3. The molecule has 0 unspecified atom stereocenters. The van der Waals surface area contributed by atoms with Crippen molar-refractivity contribution in [3.63, 3.8) is 0 Å². The Balaban J connectivity index is 1.33. The summed E-state index contributed by atoms with van der Waals surface area (Å²) in [6.07, 6.45) is 4.85. The first kappa shape index (κ1) is 22.1. The predicted octanol–water partition coefficient (Wildman–Crippen LogP) is 3.86. The van der Waals surface area contributed by atoms with Gasteiger partial charge in [-0.05, 0) is 36.1 Å². The minimum Gasteiger partial charge on any atom is -0.375 e. The molecule has 3 amide bonds. The predicted molar refractivity (Wildman–Crippen MR) is 122 cm³/mol. The Kier molecular flexibility index (Phi) is 6.90. The third-order valence-electron chi connectivity index (χ3n) is 5.98. The quantitative estimate of drug-likeness (QED) is 0.626. The van der Waals surface area contributed by atoms with Gasteiger partial charge in [0.15, 0.2) is 0 Å². The van der Waals surface area contributed by atoms with Crippen LogP contribution in [0.5, 0.6) is 0 Å². The van der Waals surface area contributed by atoms with E-state index in [1.54, 1.807) is 12.1 Å². The van der Waals surface area contributed by atoms with E-state index in [1.165, 1.54) is 4.90 Å². The normalized spacial score (nSPS) is 17.1. The third-order valence-corrected chi connectivity index (χ3v) is 6.33. The fourth-order valence-corrected chi connectivity index (χ4v) is 4.43. The third kappa shape index (κ3) is 4.86. The van der Waals surface area contributed by atoms with E-state index < -0.39 is 5.91 Å². The fourth-order valence-electron chi connectivity index (χ4n) is 4.19. The number of rotatable bonds is 7. The summed E-state index contributed by atoms with van der Waals surface area (Å²) in [6, 6.07) is 16.8. The Morgan fingerprint density at radius 1 is 0.875 bits per heavy atom. The molecule has 2 aromatic carbocycles. The molecule has 1 aliphatic carbocycles. The number of carbonyl (C=O) groups excluding carboxylic acids is 3. The van der Waals surface area contributed by atoms with Crippen LogP contribution in [0.4, 0.5) is 0 Å². The van der Waals surface area contributed by atoms with Crippen LogP contribution in [0.25, 0.3) is 0 Å². The number of hydrogen-bond acceptors (Lipinski definition) is 4. The Bertz CT molecular complexity index is 1030. The summed E-state index contributed by atoms with van der Waals surface area (Å²) in [5.41, 5.74) is 2.62. The highest BCUT2D eigenvalue weighted by Gasteiger charge is 2.41. The molecule has 0 spiro atoms. The van der Waals surface area contributed by atoms with Crippen molar-refractivity contribution < 1.29 is 14.4 Å². The highest BCUT2D eigenvalue weighted by molar-refractivity contribution is 6.47. The van der Waals surface area contributed by atoms with Crippen molar-refractivity contribution in [3.05, 3.63) is 82.0 Å². The van der Waals surface area contributed by atoms with Crippen molar-refractivity contribution >= 4 is 29.3 Å². The zero-order chi connectivity index (χ0) is 22.5. The highest BCUT2D eigenvalue weighted by atomic mass is 35.5. The molecule has 2 aliphatic rings. The number of hydrogen-bond donors (Lipinski definition) is 2. The summed E-state index contributed by atoms with van der Waals surface area (Å²) in [5.74, 6) is -0.904. The molecule has 2 aromatic rings. The SMILES string of the molecule is O=C(NCc1ccccc1)c1ccc(CNC2=C(Cl)C(=O)N(C3CCCCC3)C2=O)cc1. The minimum atomic E-state index is -0.406. The molecule has 1 fully saturated rings. The van der Waals surface area contributed by atoms with Gasteiger partial charge in [-0.3, -0.25) is 19.3 Å². The zero-order valence-corrected chi connectivity index (χ0v) is 18.5. The number of carbonyl (C=O) groups is 3. The summed E-state index contributed by atoms with van der Waals surface area (Å²) in [7, 11) is 0. The second kappa shape index (κ2) is 10.0. The highest BCUT2D eigenvalue weighted by Crippen LogP contribution is 2.30. The van der Waals surface area contributed by atoms with Gasteiger partial charge in [0.1, 0.15) is 10.7 Å². The maximum Gasteiger partial charge on any atom is 0.278 e. The van der Waals surface area contributed by atoms with Gasteiger partial charge in [-0.2, -0.15) is 0 Å². The molecule has 4 rings (SSSR count). The monoisotopic (exact) mass is 451 g/mol. The van der Waals surface area contributed by atoms with Gasteiger partial charge in [0.05, 0.1) is 0 Å². The molecule has 0 radical (unpaired) electrons. The molecule has 1 aliphatic heterocycles. The van der Waals surface area contributed by atoms with Crippen molar-refractivity contribution in [1.82, 2.24) is 15.5 Å². The molecule has 7 heteroatoms. The Morgan fingerprint density at radius 2 is 1.53 bits per heavy atom. The fraction of sp³-hybridized carbons (Fsp3) is 0.320. The van der Waals surface area contributed by atoms with Crippen LogP contribution >= 0.6 is 11.6 Å². The Labute approximate surface area is 192 Å². The van der Waals surface area contributed by atoms with E-state index in [-0.39, 0.29) is 28.6 Å². The first-order valence-corrected chi connectivity index (χ1v) is 11.3. The molecule has 6 nitrogen and oxygen atoms in total. The molecule has 0 aromatic heterocycles. The van der Waals surface area contributed by atoms with Crippen molar-refractivity contribution in [1.29, 1.82) is 0 Å². The van der Waals surface area contributed by atoms with Gasteiger partial charge in [0.25, 0.3) is 17.7 Å². The van der Waals surface area contributed by atoms with Crippen LogP contribution in [0.1, 0.15) is 53.6 Å². The van der Waals surface area contributed by atoms with Gasteiger partial charge in [-0.15, -0.1) is 0 Å². The lowest BCUT2D eigenvalue weighted by molar-refractivity contribution is -0.140. The van der Waals surface area contributed by atoms with Crippen LogP contribution in [0.15, 0.2) is 65.3 Å². The lowest BCUT2D eigenvalue weighted by atomic mass is 9.94. The Hall–Kier alpha value is -3.12. The summed E-state index contributed by atoms with van der Waals surface area (Å²) < 4.78 is 0. The minimum absolute atomic E-state index is 0.0440. The molecule has 0 atom stereocenters. The summed E-state index contributed by atoms with van der Waals surface area (Å²) in [6.45, 7) is 0.790. The van der Waals surface area contributed by atoms with Gasteiger partial charge in [-0.25, -0.2) is 0 Å². The Morgan fingerprint density at radius 3 is 2.22 bits per heavy atom. The van der Waals surface area contributed by atoms with Crippen molar-refractivity contribution in [2.45, 2.75) is 51.2 Å². The van der Waals surface area contributed by atoms with Crippen molar-refractivity contribution in [3.8, 4) is 0 Å². The average Bonchev–Trinajstić information content (AvgIpc) is 3.05. The van der Waals surface area contributed by atoms with Crippen LogP contribution in [0, 0.1) is 0 Å². The molecule has 1 heterocycles. The van der Waals surface area contributed by atoms with Crippen LogP contribution in [0.3, 0.4) is 0 Å². The molecular weight excluding hydrogens is 426 g/mol. The largest absolute Gasteiger partial charge is 0.375 e. The van der Waals surface area contributed by atoms with Gasteiger partial charge in [0, 0.05) is 24.7 Å². The van der Waals surface area contributed by atoms with E-state index in [4.69, 9.17) is 11.6 Å². The smallest absolute Gasteiger partial charge is 0.278 e. The van der Waals surface area contributed by atoms with Crippen LogP contribution in [0.2, 0.25) is 0 Å². The summed E-state index contributed by atoms with van der Waals surface area (Å²) >= 11 is 6.21. The van der Waals surface area contributed by atoms with Crippen LogP contribution < -0.4 is 10.6 Å². The van der Waals surface area contributed by atoms with Crippen LogP contribution in [-0.2, 0) is 22.7 Å². The van der Waals surface area contributed by atoms with Crippen molar-refractivity contribution in [2.24, 2.45) is 0 Å². The van der Waals surface area contributed by atoms with E-state index in [0.29, 0.717) is 18.7 Å². The maximum atomic E-state index is 12.8. The number of imide groups is 1. The van der Waals surface area contributed by atoms with Gasteiger partial charge in [-0.1, -0.05) is 73.3 Å². The number of nitrogens with one attached hydrogen (secondary N) is 2. The van der Waals surface area contributed by atoms with Crippen molar-refractivity contribution in [2.75, 3.05) is 0 Å². The van der Waals surface area contributed by atoms with Gasteiger partial charge in [0.2, 0.25) is 0 Å². The van der Waals surface area contributed by atoms with E-state index in [9.17, 15) is 14.4 Å². The van der Waals surface area contributed by atoms with E-state index in [0.717, 1.165) is 43.2 Å². The first-order chi connectivity index (χ1) is 15.5. The van der Waals surface area contributed by atoms with E-state index >= 15 is 0 Å². The zero-order valence-electron chi connectivity index (χ0n) is 17.8. The molecule has 0 bridgehead atoms. The summed E-state index contributed by atoms with van der Waals surface area (Å²) in [5, 5.41) is 5.88. The van der Waals surface area contributed by atoms with E-state index in [2.05, 4.69) is 10.6 Å². The maximum absolute atomic E-state index is 12.8. The lowest BCUT2D eigenvalue weighted by Crippen LogP contribution is -2.43. The molecule has 2 N–H and O–H groups in total. The second-order valence-corrected chi connectivity index (χ2v) is 8.56. The second-order valence-electron chi connectivity index (χ2n) is 8.18. The first-order valence-electron chi connectivity index (χ1n) is 11.0. The molecule has 1 saturated carbocycles. The number of benzene rings is 2. The standard InChI is InChI=1S/C25H26ClN3O3/c26-21-22(25(32)29(24(21)31)20-9-5-2-6-10-20)27-15-18-11-13-19(14-12-18)23(30)28-16-17-7-3-1-4-8-17/h1,3-4,7-8,11-14,20,27H,2,5-6,9-10,15-16H2,(H,28,30). The number of nitrogens with zero attached hydrogens (tertiary/aromatic N) is 1. The molecule has 32 heavy (non-hydrogen) atoms.